The second kappa shape index (κ2) is 15.1. The molecule has 0 radical (unpaired) electrons. The number of rotatable bonds is 8. The molecule has 0 bridgehead atoms. The zero-order chi connectivity index (χ0) is 35.2. The molecule has 4 aromatic rings. The quantitative estimate of drug-likeness (QED) is 0.162. The Morgan fingerprint density at radius 2 is 1.78 bits per heavy atom. The Balaban J connectivity index is 1.18. The van der Waals surface area contributed by atoms with Crippen LogP contribution in [-0.4, -0.2) is 65.0 Å². The fourth-order valence-corrected chi connectivity index (χ4v) is 7.11. The molecule has 11 heteroatoms. The smallest absolute Gasteiger partial charge is 0.278 e. The number of ether oxygens (including phenoxy) is 2. The number of hydroxylamine groups is 1. The van der Waals surface area contributed by atoms with Crippen molar-refractivity contribution in [2.24, 2.45) is 5.92 Å². The predicted molar refractivity (Wildman–Crippen MR) is 193 cm³/mol. The van der Waals surface area contributed by atoms with Gasteiger partial charge in [0.1, 0.15) is 29.5 Å². The number of carbonyl (C=O) groups is 3. The molecule has 0 spiro atoms. The highest BCUT2D eigenvalue weighted by molar-refractivity contribution is 5.98. The maximum atomic E-state index is 14.6. The molecule has 3 amide bonds. The van der Waals surface area contributed by atoms with Crippen molar-refractivity contribution in [1.82, 2.24) is 20.7 Å². The third-order valence-electron chi connectivity index (χ3n) is 9.98. The number of aromatic nitrogens is 1. The monoisotopic (exact) mass is 689 g/mol. The molecule has 1 aliphatic carbocycles. The number of benzene rings is 3. The van der Waals surface area contributed by atoms with Crippen molar-refractivity contribution in [3.63, 3.8) is 0 Å². The highest BCUT2D eigenvalue weighted by atomic mass is 16.7. The van der Waals surface area contributed by atoms with Crippen LogP contribution in [0.1, 0.15) is 44.9 Å². The largest absolute Gasteiger partial charge is 0.497 e. The average Bonchev–Trinajstić information content (AvgIpc) is 3.69. The Morgan fingerprint density at radius 3 is 2.65 bits per heavy atom. The zero-order valence-corrected chi connectivity index (χ0v) is 28.6. The molecule has 3 aromatic carbocycles. The van der Waals surface area contributed by atoms with Crippen molar-refractivity contribution in [2.45, 2.75) is 68.7 Å². The lowest BCUT2D eigenvalue weighted by molar-refractivity contribution is -0.141. The second-order valence-corrected chi connectivity index (χ2v) is 13.4. The first-order valence-electron chi connectivity index (χ1n) is 17.7. The summed E-state index contributed by atoms with van der Waals surface area (Å²) in [6, 6.07) is 24.6. The SMILES string of the molecule is COc1cccc(N[C@H]2CCCCC/C=C\[C@H]3C[C@@]3(C(=O)NOc3ccccc3)NC(=O)[C@@H]3C[C@@H](Oc4nccc5ccccc45)CN3C2=O)c1. The van der Waals surface area contributed by atoms with E-state index in [1.54, 1.807) is 30.3 Å². The van der Waals surface area contributed by atoms with E-state index in [4.69, 9.17) is 14.3 Å². The number of anilines is 1. The summed E-state index contributed by atoms with van der Waals surface area (Å²) in [4.78, 5) is 54.5. The number of hydrogen-bond donors (Lipinski definition) is 3. The van der Waals surface area contributed by atoms with Crippen LogP contribution < -0.4 is 30.4 Å². The van der Waals surface area contributed by atoms with Gasteiger partial charge >= 0.3 is 0 Å². The van der Waals surface area contributed by atoms with Crippen LogP contribution in [0.3, 0.4) is 0 Å². The molecule has 7 rings (SSSR count). The van der Waals surface area contributed by atoms with E-state index in [0.717, 1.165) is 42.1 Å². The number of pyridine rings is 1. The molecule has 3 heterocycles. The lowest BCUT2D eigenvalue weighted by atomic mass is 10.0. The number of amides is 3. The summed E-state index contributed by atoms with van der Waals surface area (Å²) < 4.78 is 11.9. The van der Waals surface area contributed by atoms with Gasteiger partial charge in [-0.25, -0.2) is 4.98 Å². The van der Waals surface area contributed by atoms with E-state index >= 15 is 0 Å². The minimum absolute atomic E-state index is 0.178. The Hall–Kier alpha value is -5.58. The number of hydrogen-bond acceptors (Lipinski definition) is 8. The number of para-hydroxylation sites is 1. The maximum absolute atomic E-state index is 14.6. The molecule has 264 valence electrons. The molecule has 0 unspecified atom stereocenters. The standard InChI is InChI=1S/C40H43N5O6/c1-49-31-18-12-15-29(23-31)42-34-20-9-4-2-3-6-14-28-25-40(28,39(48)44-51-30-16-7-5-8-17-30)43-36(46)35-24-32(26-45(35)38(34)47)50-37-33-19-11-10-13-27(33)21-22-41-37/h5-8,10-19,21-23,28,32,34-35,42H,2-4,9,20,24-26H2,1H3,(H,43,46)(H,44,48)/b14-6-/t28-,32+,34-,35-,40+/m0/s1. The van der Waals surface area contributed by atoms with Gasteiger partial charge in [-0.15, -0.1) is 0 Å². The van der Waals surface area contributed by atoms with Gasteiger partial charge in [0.2, 0.25) is 17.7 Å². The molecule has 11 nitrogen and oxygen atoms in total. The molecular weight excluding hydrogens is 646 g/mol. The van der Waals surface area contributed by atoms with E-state index in [9.17, 15) is 14.4 Å². The van der Waals surface area contributed by atoms with Crippen molar-refractivity contribution in [3.8, 4) is 17.4 Å². The topological polar surface area (TPSA) is 131 Å². The van der Waals surface area contributed by atoms with E-state index < -0.39 is 35.5 Å². The van der Waals surface area contributed by atoms with Crippen LogP contribution in [0.2, 0.25) is 0 Å². The van der Waals surface area contributed by atoms with Gasteiger partial charge in [-0.05, 0) is 67.5 Å². The molecule has 1 aromatic heterocycles. The first kappa shape index (κ1) is 33.9. The Kier molecular flexibility index (Phi) is 10.0. The van der Waals surface area contributed by atoms with Gasteiger partial charge in [-0.3, -0.25) is 14.4 Å². The van der Waals surface area contributed by atoms with Crippen molar-refractivity contribution < 1.29 is 28.7 Å². The van der Waals surface area contributed by atoms with Crippen LogP contribution in [0, 0.1) is 5.92 Å². The normalized spacial score (nSPS) is 25.6. The highest BCUT2D eigenvalue weighted by Gasteiger charge is 2.61. The molecule has 1 saturated heterocycles. The molecule has 3 aliphatic rings. The summed E-state index contributed by atoms with van der Waals surface area (Å²) >= 11 is 0. The fourth-order valence-electron chi connectivity index (χ4n) is 7.11. The summed E-state index contributed by atoms with van der Waals surface area (Å²) in [5.41, 5.74) is 2.10. The Labute approximate surface area is 297 Å². The van der Waals surface area contributed by atoms with E-state index in [1.807, 2.05) is 78.9 Å². The Morgan fingerprint density at radius 1 is 0.961 bits per heavy atom. The molecule has 2 fully saturated rings. The summed E-state index contributed by atoms with van der Waals surface area (Å²) in [6.07, 6.45) is 10.0. The average molecular weight is 690 g/mol. The van der Waals surface area contributed by atoms with E-state index in [-0.39, 0.29) is 24.8 Å². The van der Waals surface area contributed by atoms with E-state index in [2.05, 4.69) is 27.2 Å². The summed E-state index contributed by atoms with van der Waals surface area (Å²) in [6.45, 7) is 0.178. The van der Waals surface area contributed by atoms with E-state index in [1.165, 1.54) is 0 Å². The van der Waals surface area contributed by atoms with Crippen molar-refractivity contribution in [2.75, 3.05) is 19.0 Å². The number of nitrogens with zero attached hydrogens (tertiary/aromatic N) is 2. The second-order valence-electron chi connectivity index (χ2n) is 13.4. The molecule has 5 atom stereocenters. The van der Waals surface area contributed by atoms with Gasteiger partial charge in [0.05, 0.1) is 13.7 Å². The van der Waals surface area contributed by atoms with Gasteiger partial charge < -0.3 is 29.8 Å². The van der Waals surface area contributed by atoms with Crippen LogP contribution in [0.4, 0.5) is 5.69 Å². The first-order valence-corrected chi connectivity index (χ1v) is 17.7. The van der Waals surface area contributed by atoms with Gasteiger partial charge in [-0.2, -0.15) is 5.48 Å². The summed E-state index contributed by atoms with van der Waals surface area (Å²) in [5, 5.41) is 8.34. The number of carbonyl (C=O) groups excluding carboxylic acids is 3. The number of allylic oxidation sites excluding steroid dienone is 1. The van der Waals surface area contributed by atoms with Gasteiger partial charge in [0.15, 0.2) is 5.75 Å². The van der Waals surface area contributed by atoms with Crippen molar-refractivity contribution in [3.05, 3.63) is 103 Å². The van der Waals surface area contributed by atoms with Crippen LogP contribution in [0.5, 0.6) is 17.4 Å². The third kappa shape index (κ3) is 7.62. The Bertz CT molecular complexity index is 1900. The summed E-state index contributed by atoms with van der Waals surface area (Å²) in [7, 11) is 1.60. The molecule has 1 saturated carbocycles. The molecular formula is C40H43N5O6. The van der Waals surface area contributed by atoms with Crippen LogP contribution >= 0.6 is 0 Å². The van der Waals surface area contributed by atoms with Crippen LogP contribution in [-0.2, 0) is 14.4 Å². The minimum Gasteiger partial charge on any atom is -0.497 e. The minimum atomic E-state index is -1.22. The molecule has 51 heavy (non-hydrogen) atoms. The first-order chi connectivity index (χ1) is 24.9. The van der Waals surface area contributed by atoms with Crippen LogP contribution in [0.15, 0.2) is 103 Å². The highest BCUT2D eigenvalue weighted by Crippen LogP contribution is 2.45. The van der Waals surface area contributed by atoms with Crippen molar-refractivity contribution in [1.29, 1.82) is 0 Å². The van der Waals surface area contributed by atoms with Crippen molar-refractivity contribution >= 4 is 34.2 Å². The number of nitrogens with one attached hydrogen (secondary N) is 3. The summed E-state index contributed by atoms with van der Waals surface area (Å²) in [5.74, 6) is 0.307. The van der Waals surface area contributed by atoms with Crippen LogP contribution in [0.25, 0.3) is 10.8 Å². The third-order valence-corrected chi connectivity index (χ3v) is 9.98. The maximum Gasteiger partial charge on any atom is 0.278 e. The number of fused-ring (bicyclic) bond motifs is 3. The zero-order valence-electron chi connectivity index (χ0n) is 28.6. The van der Waals surface area contributed by atoms with Gasteiger partial charge in [0, 0.05) is 35.7 Å². The predicted octanol–water partition coefficient (Wildman–Crippen LogP) is 5.58. The lowest BCUT2D eigenvalue weighted by Crippen LogP contribution is -2.57. The molecule has 3 N–H and O–H groups in total. The number of methoxy groups -OCH3 is 1. The lowest BCUT2D eigenvalue weighted by Gasteiger charge is -2.30. The molecule has 2 aliphatic heterocycles. The fraction of sp³-hybridized carbons (Fsp3) is 0.350. The van der Waals surface area contributed by atoms with Gasteiger partial charge in [0.25, 0.3) is 5.91 Å². The van der Waals surface area contributed by atoms with E-state index in [0.29, 0.717) is 30.2 Å². The van der Waals surface area contributed by atoms with Gasteiger partial charge in [-0.1, -0.05) is 67.5 Å².